The first-order valence-corrected chi connectivity index (χ1v) is 13.4. The molecule has 38 heavy (non-hydrogen) atoms. The van der Waals surface area contributed by atoms with Crippen molar-refractivity contribution in [1.29, 1.82) is 0 Å². The van der Waals surface area contributed by atoms with Crippen molar-refractivity contribution in [2.45, 2.75) is 36.8 Å². The maximum absolute atomic E-state index is 11.5. The van der Waals surface area contributed by atoms with Gasteiger partial charge in [-0.05, 0) is 91.0 Å². The molecule has 0 saturated heterocycles. The van der Waals surface area contributed by atoms with Gasteiger partial charge in [-0.2, -0.15) is 0 Å². The number of fused-ring (bicyclic) bond motifs is 1. The van der Waals surface area contributed by atoms with E-state index in [4.69, 9.17) is 5.73 Å². The zero-order chi connectivity index (χ0) is 27.3. The summed E-state index contributed by atoms with van der Waals surface area (Å²) in [5.41, 5.74) is 9.24. The molecule has 198 valence electrons. The van der Waals surface area contributed by atoms with Crippen molar-refractivity contribution in [3.05, 3.63) is 96.1 Å². The number of nitrogens with one attached hydrogen (secondary N) is 1. The summed E-state index contributed by atoms with van der Waals surface area (Å²) >= 11 is 1.51. The molecule has 0 amide bonds. The first-order valence-electron chi connectivity index (χ1n) is 12.6. The van der Waals surface area contributed by atoms with Gasteiger partial charge >= 0.3 is 5.97 Å². The molecule has 6 nitrogen and oxygen atoms in total. The summed E-state index contributed by atoms with van der Waals surface area (Å²) in [5, 5.41) is 26.2. The monoisotopic (exact) mass is 529 g/mol. The Labute approximate surface area is 228 Å². The van der Waals surface area contributed by atoms with Gasteiger partial charge in [0.2, 0.25) is 0 Å². The van der Waals surface area contributed by atoms with Gasteiger partial charge < -0.3 is 21.3 Å². The lowest BCUT2D eigenvalue weighted by Crippen LogP contribution is -2.46. The molecule has 0 bridgehead atoms. The molecule has 0 heterocycles. The molecule has 1 unspecified atom stereocenters. The average molecular weight is 530 g/mol. The third-order valence-electron chi connectivity index (χ3n) is 6.40. The van der Waals surface area contributed by atoms with Crippen molar-refractivity contribution in [3.8, 4) is 11.1 Å². The van der Waals surface area contributed by atoms with Crippen LogP contribution >= 0.6 is 11.9 Å². The van der Waals surface area contributed by atoms with Gasteiger partial charge in [-0.25, -0.2) is 9.10 Å². The second-order valence-electron chi connectivity index (χ2n) is 10.3. The first kappa shape index (κ1) is 27.7. The molecular weight excluding hydrogens is 494 g/mol. The minimum absolute atomic E-state index is 0.154. The second-order valence-corrected chi connectivity index (χ2v) is 11.6. The van der Waals surface area contributed by atoms with E-state index in [0.29, 0.717) is 18.8 Å². The van der Waals surface area contributed by atoms with Crippen molar-refractivity contribution >= 4 is 34.4 Å². The Morgan fingerprint density at radius 3 is 2.47 bits per heavy atom. The highest BCUT2D eigenvalue weighted by atomic mass is 32.2. The largest absolute Gasteiger partial charge is 0.478 e. The lowest BCUT2D eigenvalue weighted by molar-refractivity contribution is 0.0697. The van der Waals surface area contributed by atoms with Crippen molar-refractivity contribution in [2.24, 2.45) is 0 Å². The fraction of sp³-hybridized carbons (Fsp3) is 0.258. The van der Waals surface area contributed by atoms with Gasteiger partial charge in [-0.3, -0.25) is 0 Å². The molecule has 4 aromatic rings. The van der Waals surface area contributed by atoms with E-state index < -0.39 is 12.1 Å². The molecular formula is C31H35N3O3S. The van der Waals surface area contributed by atoms with Crippen molar-refractivity contribution in [1.82, 2.24) is 9.62 Å². The Hall–Kier alpha value is -3.36. The summed E-state index contributed by atoms with van der Waals surface area (Å²) in [4.78, 5) is 12.5. The molecule has 4 rings (SSSR count). The van der Waals surface area contributed by atoms with E-state index in [-0.39, 0.29) is 11.1 Å². The molecule has 0 spiro atoms. The van der Waals surface area contributed by atoms with E-state index in [1.165, 1.54) is 34.4 Å². The summed E-state index contributed by atoms with van der Waals surface area (Å²) in [7, 11) is 1.94. The van der Waals surface area contributed by atoms with Crippen LogP contribution in [-0.4, -0.2) is 52.3 Å². The van der Waals surface area contributed by atoms with E-state index in [1.54, 1.807) is 12.1 Å². The number of nitrogen functional groups attached to an aromatic ring is 1. The second kappa shape index (κ2) is 12.0. The molecule has 4 aromatic carbocycles. The molecule has 0 aliphatic rings. The predicted molar refractivity (Wildman–Crippen MR) is 157 cm³/mol. The molecule has 0 radical (unpaired) electrons. The number of aliphatic hydroxyl groups is 1. The zero-order valence-electron chi connectivity index (χ0n) is 22.0. The highest BCUT2D eigenvalue weighted by molar-refractivity contribution is 7.97. The lowest BCUT2D eigenvalue weighted by atomic mass is 9.93. The number of β-amino-alcohol motifs (C(OH)–C–C–N with tert-alkyl or cyclic N) is 1. The number of hydrogen-bond acceptors (Lipinski definition) is 6. The lowest BCUT2D eigenvalue weighted by Gasteiger charge is -2.29. The Balaban J connectivity index is 1.35. The first-order chi connectivity index (χ1) is 18.1. The molecule has 0 aliphatic carbocycles. The predicted octanol–water partition coefficient (Wildman–Crippen LogP) is 5.70. The molecule has 0 fully saturated rings. The third-order valence-corrected chi connectivity index (χ3v) is 7.41. The van der Waals surface area contributed by atoms with E-state index in [1.807, 2.05) is 35.6 Å². The van der Waals surface area contributed by atoms with E-state index in [2.05, 4.69) is 61.6 Å². The van der Waals surface area contributed by atoms with Gasteiger partial charge in [-0.15, -0.1) is 0 Å². The Morgan fingerprint density at radius 2 is 1.71 bits per heavy atom. The van der Waals surface area contributed by atoms with Crippen molar-refractivity contribution in [2.75, 3.05) is 25.9 Å². The summed E-state index contributed by atoms with van der Waals surface area (Å²) in [6.45, 7) is 5.22. The van der Waals surface area contributed by atoms with Gasteiger partial charge in [0.15, 0.2) is 0 Å². The van der Waals surface area contributed by atoms with E-state index >= 15 is 0 Å². The summed E-state index contributed by atoms with van der Waals surface area (Å²) in [5.74, 6) is -1.01. The Bertz CT molecular complexity index is 1420. The molecule has 1 atom stereocenters. The van der Waals surface area contributed by atoms with Crippen LogP contribution in [-0.2, 0) is 6.42 Å². The van der Waals surface area contributed by atoms with Crippen LogP contribution in [0.25, 0.3) is 21.9 Å². The van der Waals surface area contributed by atoms with Gasteiger partial charge in [0.05, 0.1) is 11.7 Å². The number of rotatable bonds is 11. The standard InChI is InChI=1S/C31H35N3O3S/c1-31(2,18-21-12-13-22-8-4-5-9-23(22)14-21)33-19-27(35)20-34(3)38-29-11-7-6-10-28(29)24-15-25(30(36)37)17-26(32)16-24/h4-17,27,33,35H,18-20,32H2,1-3H3,(H,36,37). The zero-order valence-corrected chi connectivity index (χ0v) is 22.8. The van der Waals surface area contributed by atoms with Crippen LogP contribution in [0.1, 0.15) is 29.8 Å². The number of nitrogens with zero attached hydrogens (tertiary/aromatic N) is 1. The molecule has 0 aromatic heterocycles. The number of carboxylic acids is 1. The van der Waals surface area contributed by atoms with Crippen LogP contribution in [0.5, 0.6) is 0 Å². The summed E-state index contributed by atoms with van der Waals surface area (Å²) in [6.07, 6.45) is 0.280. The number of aliphatic hydroxyl groups excluding tert-OH is 1. The summed E-state index contributed by atoms with van der Waals surface area (Å²) < 4.78 is 1.99. The van der Waals surface area contributed by atoms with Crippen LogP contribution < -0.4 is 11.1 Å². The quantitative estimate of drug-likeness (QED) is 0.146. The van der Waals surface area contributed by atoms with Crippen LogP contribution in [0.2, 0.25) is 0 Å². The topological polar surface area (TPSA) is 98.8 Å². The highest BCUT2D eigenvalue weighted by Gasteiger charge is 2.21. The normalized spacial score (nSPS) is 12.7. The third kappa shape index (κ3) is 7.36. The van der Waals surface area contributed by atoms with Crippen LogP contribution in [0.15, 0.2) is 89.8 Å². The number of nitrogens with two attached hydrogens (primary N) is 1. The number of likely N-dealkylation sites (N-methyl/N-ethyl adjacent to an activating group) is 1. The smallest absolute Gasteiger partial charge is 0.335 e. The molecule has 0 aliphatic heterocycles. The SMILES string of the molecule is CN(CC(O)CNC(C)(C)Cc1ccc2ccccc2c1)Sc1ccccc1-c1cc(N)cc(C(=O)O)c1. The number of anilines is 1. The maximum Gasteiger partial charge on any atom is 0.335 e. The van der Waals surface area contributed by atoms with E-state index in [0.717, 1.165) is 22.4 Å². The minimum atomic E-state index is -1.01. The van der Waals surface area contributed by atoms with Crippen LogP contribution in [0, 0.1) is 0 Å². The number of aromatic carboxylic acids is 1. The number of carboxylic acid groups (broad SMARTS) is 1. The number of hydrogen-bond donors (Lipinski definition) is 4. The van der Waals surface area contributed by atoms with Crippen LogP contribution in [0.4, 0.5) is 5.69 Å². The molecule has 5 N–H and O–H groups in total. The maximum atomic E-state index is 11.5. The molecule has 0 saturated carbocycles. The fourth-order valence-electron chi connectivity index (χ4n) is 4.60. The van der Waals surface area contributed by atoms with Gasteiger partial charge in [0.25, 0.3) is 0 Å². The van der Waals surface area contributed by atoms with Gasteiger partial charge in [-0.1, -0.05) is 60.7 Å². The van der Waals surface area contributed by atoms with Crippen molar-refractivity contribution in [3.63, 3.8) is 0 Å². The van der Waals surface area contributed by atoms with Gasteiger partial charge in [0.1, 0.15) is 0 Å². The number of carbonyl (C=O) groups is 1. The minimum Gasteiger partial charge on any atom is -0.478 e. The number of benzene rings is 4. The molecule has 7 heteroatoms. The summed E-state index contributed by atoms with van der Waals surface area (Å²) in [6, 6.07) is 27.6. The highest BCUT2D eigenvalue weighted by Crippen LogP contribution is 2.34. The Kier molecular flexibility index (Phi) is 8.74. The van der Waals surface area contributed by atoms with Crippen molar-refractivity contribution < 1.29 is 15.0 Å². The average Bonchev–Trinajstić information content (AvgIpc) is 2.87. The van der Waals surface area contributed by atoms with E-state index in [9.17, 15) is 15.0 Å². The Morgan fingerprint density at radius 1 is 1.00 bits per heavy atom. The van der Waals surface area contributed by atoms with Gasteiger partial charge in [0, 0.05) is 29.2 Å². The van der Waals surface area contributed by atoms with Crippen LogP contribution in [0.3, 0.4) is 0 Å². The fourth-order valence-corrected chi connectivity index (χ4v) is 5.60.